The van der Waals surface area contributed by atoms with Gasteiger partial charge in [0.05, 0.1) is 12.1 Å². The molecule has 0 unspecified atom stereocenters. The molecule has 0 bridgehead atoms. The van der Waals surface area contributed by atoms with Crippen LogP contribution in [0.1, 0.15) is 42.7 Å². The highest BCUT2D eigenvalue weighted by atomic mass is 16.5. The second-order valence-corrected chi connectivity index (χ2v) is 6.93. The number of hydrogen-bond acceptors (Lipinski definition) is 3. The largest absolute Gasteiger partial charge is 0.449 e. The zero-order chi connectivity index (χ0) is 17.2. The van der Waals surface area contributed by atoms with Crippen LogP contribution in [-0.4, -0.2) is 30.0 Å². The molecule has 0 spiro atoms. The summed E-state index contributed by atoms with van der Waals surface area (Å²) in [5, 5.41) is 12.8. The summed E-state index contributed by atoms with van der Waals surface area (Å²) in [7, 11) is 0. The number of carbonyl (C=O) groups excluding carboxylic acids is 1. The lowest BCUT2D eigenvalue weighted by molar-refractivity contribution is 0.0792. The molecule has 4 nitrogen and oxygen atoms in total. The molecule has 0 saturated heterocycles. The van der Waals surface area contributed by atoms with E-state index in [0.29, 0.717) is 6.61 Å². The van der Waals surface area contributed by atoms with E-state index in [1.165, 1.54) is 22.3 Å². The Morgan fingerprint density at radius 2 is 1.60 bits per heavy atom. The quantitative estimate of drug-likeness (QED) is 0.895. The average molecular weight is 337 g/mol. The van der Waals surface area contributed by atoms with E-state index < -0.39 is 12.2 Å². The lowest BCUT2D eigenvalue weighted by Crippen LogP contribution is -2.45. The molecule has 1 amide bonds. The minimum Gasteiger partial charge on any atom is -0.449 e. The third kappa shape index (κ3) is 3.14. The van der Waals surface area contributed by atoms with E-state index in [2.05, 4.69) is 29.6 Å². The van der Waals surface area contributed by atoms with E-state index in [0.717, 1.165) is 25.7 Å². The van der Waals surface area contributed by atoms with E-state index >= 15 is 0 Å². The Labute approximate surface area is 147 Å². The van der Waals surface area contributed by atoms with Gasteiger partial charge in [-0.05, 0) is 35.1 Å². The van der Waals surface area contributed by atoms with Gasteiger partial charge in [0.15, 0.2) is 0 Å². The predicted molar refractivity (Wildman–Crippen MR) is 96.5 cm³/mol. The van der Waals surface area contributed by atoms with Crippen LogP contribution in [0, 0.1) is 0 Å². The SMILES string of the molecule is O=C(N[C@@H]1CCCC[C@@H]1O)OCC1c2ccccc2-c2ccccc21. The van der Waals surface area contributed by atoms with E-state index in [1.807, 2.05) is 24.3 Å². The van der Waals surface area contributed by atoms with Crippen LogP contribution in [0.25, 0.3) is 11.1 Å². The Hall–Kier alpha value is -2.33. The molecule has 25 heavy (non-hydrogen) atoms. The van der Waals surface area contributed by atoms with Crippen molar-refractivity contribution in [1.29, 1.82) is 0 Å². The zero-order valence-corrected chi connectivity index (χ0v) is 14.2. The first-order valence-corrected chi connectivity index (χ1v) is 9.03. The van der Waals surface area contributed by atoms with Crippen LogP contribution in [0.2, 0.25) is 0 Å². The van der Waals surface area contributed by atoms with Crippen molar-refractivity contribution < 1.29 is 14.6 Å². The molecule has 0 radical (unpaired) electrons. The number of hydrogen-bond donors (Lipinski definition) is 2. The molecule has 2 N–H and O–H groups in total. The molecule has 2 atom stereocenters. The predicted octanol–water partition coefficient (Wildman–Crippen LogP) is 3.83. The molecule has 0 aliphatic heterocycles. The highest BCUT2D eigenvalue weighted by Gasteiger charge is 2.30. The van der Waals surface area contributed by atoms with Crippen molar-refractivity contribution in [3.8, 4) is 11.1 Å². The maximum atomic E-state index is 12.2. The minimum absolute atomic E-state index is 0.0643. The molecule has 1 saturated carbocycles. The Bertz CT molecular complexity index is 728. The first-order chi connectivity index (χ1) is 12.2. The number of ether oxygens (including phenoxy) is 1. The fourth-order valence-electron chi connectivity index (χ4n) is 4.07. The van der Waals surface area contributed by atoms with Crippen molar-refractivity contribution in [3.05, 3.63) is 59.7 Å². The van der Waals surface area contributed by atoms with Crippen molar-refractivity contribution >= 4 is 6.09 Å². The van der Waals surface area contributed by atoms with Crippen molar-refractivity contribution in [2.75, 3.05) is 6.61 Å². The monoisotopic (exact) mass is 337 g/mol. The number of alkyl carbamates (subject to hydrolysis) is 1. The maximum Gasteiger partial charge on any atom is 0.407 e. The molecule has 2 aromatic carbocycles. The van der Waals surface area contributed by atoms with E-state index in [4.69, 9.17) is 4.74 Å². The lowest BCUT2D eigenvalue weighted by Gasteiger charge is -2.28. The van der Waals surface area contributed by atoms with Gasteiger partial charge in [0.2, 0.25) is 0 Å². The number of fused-ring (bicyclic) bond motifs is 3. The van der Waals surface area contributed by atoms with Crippen LogP contribution in [0.5, 0.6) is 0 Å². The topological polar surface area (TPSA) is 58.6 Å². The second kappa shape index (κ2) is 6.89. The summed E-state index contributed by atoms with van der Waals surface area (Å²) in [5.41, 5.74) is 4.84. The summed E-state index contributed by atoms with van der Waals surface area (Å²) in [6, 6.07) is 16.4. The number of aliphatic hydroxyl groups excluding tert-OH is 1. The van der Waals surface area contributed by atoms with Gasteiger partial charge in [-0.15, -0.1) is 0 Å². The summed E-state index contributed by atoms with van der Waals surface area (Å²) in [6.07, 6.45) is 2.71. The van der Waals surface area contributed by atoms with E-state index in [-0.39, 0.29) is 12.0 Å². The zero-order valence-electron chi connectivity index (χ0n) is 14.2. The highest BCUT2D eigenvalue weighted by molar-refractivity contribution is 5.79. The summed E-state index contributed by atoms with van der Waals surface area (Å²) < 4.78 is 5.53. The number of carbonyl (C=O) groups is 1. The van der Waals surface area contributed by atoms with Gasteiger partial charge in [-0.1, -0.05) is 61.4 Å². The lowest BCUT2D eigenvalue weighted by atomic mass is 9.93. The van der Waals surface area contributed by atoms with Crippen LogP contribution < -0.4 is 5.32 Å². The molecule has 0 heterocycles. The Morgan fingerprint density at radius 3 is 2.24 bits per heavy atom. The van der Waals surface area contributed by atoms with Gasteiger partial charge in [0, 0.05) is 5.92 Å². The smallest absolute Gasteiger partial charge is 0.407 e. The second-order valence-electron chi connectivity index (χ2n) is 6.93. The van der Waals surface area contributed by atoms with Gasteiger partial charge >= 0.3 is 6.09 Å². The molecule has 2 aliphatic carbocycles. The van der Waals surface area contributed by atoms with Crippen LogP contribution in [0.3, 0.4) is 0 Å². The normalized spacial score (nSPS) is 22.1. The molecule has 4 rings (SSSR count). The van der Waals surface area contributed by atoms with Gasteiger partial charge in [0.1, 0.15) is 6.61 Å². The molecule has 2 aliphatic rings. The number of amides is 1. The number of nitrogens with one attached hydrogen (secondary N) is 1. The van der Waals surface area contributed by atoms with E-state index in [9.17, 15) is 9.90 Å². The van der Waals surface area contributed by atoms with Crippen LogP contribution in [-0.2, 0) is 4.74 Å². The van der Waals surface area contributed by atoms with Gasteiger partial charge in [0.25, 0.3) is 0 Å². The Balaban J connectivity index is 1.45. The molecule has 130 valence electrons. The fraction of sp³-hybridized carbons (Fsp3) is 0.381. The molecule has 1 fully saturated rings. The van der Waals surface area contributed by atoms with Gasteiger partial charge in [-0.3, -0.25) is 0 Å². The Morgan fingerprint density at radius 1 is 1.00 bits per heavy atom. The maximum absolute atomic E-state index is 12.2. The van der Waals surface area contributed by atoms with Crippen molar-refractivity contribution in [2.24, 2.45) is 0 Å². The van der Waals surface area contributed by atoms with Crippen LogP contribution in [0.15, 0.2) is 48.5 Å². The van der Waals surface area contributed by atoms with Crippen molar-refractivity contribution in [1.82, 2.24) is 5.32 Å². The van der Waals surface area contributed by atoms with Crippen LogP contribution >= 0.6 is 0 Å². The van der Waals surface area contributed by atoms with Gasteiger partial charge in [-0.2, -0.15) is 0 Å². The third-order valence-corrected chi connectivity index (χ3v) is 5.38. The van der Waals surface area contributed by atoms with E-state index in [1.54, 1.807) is 0 Å². The minimum atomic E-state index is -0.464. The van der Waals surface area contributed by atoms with Gasteiger partial charge in [-0.25, -0.2) is 4.79 Å². The Kier molecular flexibility index (Phi) is 4.45. The molecule has 2 aromatic rings. The number of aliphatic hydroxyl groups is 1. The molecular formula is C21H23NO3. The summed E-state index contributed by atoms with van der Waals surface area (Å²) in [6.45, 7) is 0.308. The van der Waals surface area contributed by atoms with Crippen LogP contribution in [0.4, 0.5) is 4.79 Å². The summed E-state index contributed by atoms with van der Waals surface area (Å²) >= 11 is 0. The third-order valence-electron chi connectivity index (χ3n) is 5.38. The van der Waals surface area contributed by atoms with Crippen molar-refractivity contribution in [3.63, 3.8) is 0 Å². The highest BCUT2D eigenvalue weighted by Crippen LogP contribution is 2.44. The molecule has 0 aromatic heterocycles. The first-order valence-electron chi connectivity index (χ1n) is 9.03. The first kappa shape index (κ1) is 16.2. The average Bonchev–Trinajstić information content (AvgIpc) is 2.96. The molecule has 4 heteroatoms. The molecular weight excluding hydrogens is 314 g/mol. The fourth-order valence-corrected chi connectivity index (χ4v) is 4.07. The summed E-state index contributed by atoms with van der Waals surface area (Å²) in [5.74, 6) is 0.0643. The summed E-state index contributed by atoms with van der Waals surface area (Å²) in [4.78, 5) is 12.2. The number of rotatable bonds is 3. The standard InChI is InChI=1S/C21H23NO3/c23-20-12-6-5-11-19(20)22-21(24)25-13-18-16-9-3-1-7-14(16)15-8-2-4-10-17(15)18/h1-4,7-10,18-20,23H,5-6,11-13H2,(H,22,24)/t19-,20+/m1/s1. The van der Waals surface area contributed by atoms with Crippen molar-refractivity contribution in [2.45, 2.75) is 43.7 Å². The van der Waals surface area contributed by atoms with Gasteiger partial charge < -0.3 is 15.2 Å². The number of benzene rings is 2.